The number of nitrogens with two attached hydrogens (primary N) is 1. The third-order valence-electron chi connectivity index (χ3n) is 1.85. The predicted molar refractivity (Wildman–Crippen MR) is 37.6 cm³/mol. The first-order valence-corrected chi connectivity index (χ1v) is 3.60. The van der Waals surface area contributed by atoms with E-state index in [-0.39, 0.29) is 0 Å². The largest absolute Gasteiger partial charge is 0.301 e. The van der Waals surface area contributed by atoms with Crippen LogP contribution in [0.3, 0.4) is 0 Å². The Morgan fingerprint density at radius 3 is 2.56 bits per heavy atom. The molecule has 0 atom stereocenters. The lowest BCUT2D eigenvalue weighted by Crippen LogP contribution is -2.38. The number of nitrogens with one attached hydrogen (secondary N) is 2. The average Bonchev–Trinajstić information content (AvgIpc) is 2.34. The molecule has 0 aromatic rings. The van der Waals surface area contributed by atoms with Gasteiger partial charge in [-0.25, -0.2) is 5.43 Å². The van der Waals surface area contributed by atoms with Crippen LogP contribution in [-0.4, -0.2) is 12.7 Å². The minimum absolute atomic E-state index is 0.723. The first kappa shape index (κ1) is 6.99. The second-order valence-corrected chi connectivity index (χ2v) is 2.57. The monoisotopic (exact) mass is 129 g/mol. The van der Waals surface area contributed by atoms with Gasteiger partial charge < -0.3 is 5.32 Å². The number of hydrogen-bond donors (Lipinski definition) is 3. The van der Waals surface area contributed by atoms with Crippen molar-refractivity contribution in [1.82, 2.24) is 10.7 Å². The van der Waals surface area contributed by atoms with Crippen molar-refractivity contribution in [2.45, 2.75) is 31.7 Å². The fourth-order valence-electron chi connectivity index (χ4n) is 1.33. The van der Waals surface area contributed by atoms with Crippen molar-refractivity contribution in [1.29, 1.82) is 0 Å². The van der Waals surface area contributed by atoms with E-state index in [2.05, 4.69) is 10.7 Å². The summed E-state index contributed by atoms with van der Waals surface area (Å²) in [6.07, 6.45) is 5.40. The van der Waals surface area contributed by atoms with Crippen LogP contribution in [-0.2, 0) is 0 Å². The molecular weight excluding hydrogens is 114 g/mol. The minimum Gasteiger partial charge on any atom is -0.301 e. The van der Waals surface area contributed by atoms with Crippen LogP contribution < -0.4 is 16.6 Å². The Bertz CT molecular complexity index is 68.7. The molecule has 0 aliphatic heterocycles. The van der Waals surface area contributed by atoms with Crippen LogP contribution in [0.2, 0.25) is 0 Å². The van der Waals surface area contributed by atoms with E-state index in [0.29, 0.717) is 0 Å². The van der Waals surface area contributed by atoms with Crippen LogP contribution in [0.1, 0.15) is 25.7 Å². The number of hydrogen-bond acceptors (Lipinski definition) is 3. The molecule has 54 valence electrons. The molecule has 0 radical (unpaired) electrons. The lowest BCUT2D eigenvalue weighted by molar-refractivity contribution is 0.491. The van der Waals surface area contributed by atoms with Crippen LogP contribution in [0.5, 0.6) is 0 Å². The highest BCUT2D eigenvalue weighted by Crippen LogP contribution is 2.16. The molecule has 3 nitrogen and oxygen atoms in total. The van der Waals surface area contributed by atoms with E-state index >= 15 is 0 Å². The topological polar surface area (TPSA) is 50.1 Å². The van der Waals surface area contributed by atoms with E-state index in [1.807, 2.05) is 0 Å². The molecule has 0 spiro atoms. The summed E-state index contributed by atoms with van der Waals surface area (Å²) >= 11 is 0. The zero-order chi connectivity index (χ0) is 6.53. The number of hydrazine groups is 1. The first-order chi connectivity index (χ1) is 4.43. The van der Waals surface area contributed by atoms with Crippen molar-refractivity contribution in [3.05, 3.63) is 0 Å². The predicted octanol–water partition coefficient (Wildman–Crippen LogP) is -0.0606. The molecule has 0 bridgehead atoms. The van der Waals surface area contributed by atoms with Gasteiger partial charge in [0.2, 0.25) is 0 Å². The maximum Gasteiger partial charge on any atom is 0.0589 e. The van der Waals surface area contributed by atoms with Gasteiger partial charge >= 0.3 is 0 Å². The van der Waals surface area contributed by atoms with Gasteiger partial charge in [0, 0.05) is 6.04 Å². The summed E-state index contributed by atoms with van der Waals surface area (Å²) in [6.45, 7) is 0.741. The highest BCUT2D eigenvalue weighted by Gasteiger charge is 2.12. The molecule has 0 aromatic carbocycles. The highest BCUT2D eigenvalue weighted by atomic mass is 15.3. The molecule has 0 aromatic heterocycles. The molecular formula is C6H15N3. The zero-order valence-electron chi connectivity index (χ0n) is 5.69. The van der Waals surface area contributed by atoms with Gasteiger partial charge in [-0.3, -0.25) is 5.84 Å². The summed E-state index contributed by atoms with van der Waals surface area (Å²) in [5, 5.41) is 3.30. The summed E-state index contributed by atoms with van der Waals surface area (Å²) in [5.41, 5.74) is 2.58. The zero-order valence-corrected chi connectivity index (χ0v) is 5.69. The maximum atomic E-state index is 5.09. The second kappa shape index (κ2) is 3.82. The average molecular weight is 129 g/mol. The van der Waals surface area contributed by atoms with E-state index in [0.717, 1.165) is 12.7 Å². The molecule has 1 rings (SSSR count). The van der Waals surface area contributed by atoms with Gasteiger partial charge in [-0.05, 0) is 12.8 Å². The Labute approximate surface area is 56.0 Å². The Hall–Kier alpha value is -0.120. The minimum atomic E-state index is 0.723. The van der Waals surface area contributed by atoms with Gasteiger partial charge in [-0.15, -0.1) is 0 Å². The molecule has 3 heteroatoms. The van der Waals surface area contributed by atoms with Gasteiger partial charge in [0.1, 0.15) is 0 Å². The molecule has 1 aliphatic rings. The van der Waals surface area contributed by atoms with Crippen molar-refractivity contribution < 1.29 is 0 Å². The van der Waals surface area contributed by atoms with Gasteiger partial charge in [-0.2, -0.15) is 0 Å². The fourth-order valence-corrected chi connectivity index (χ4v) is 1.33. The Balaban J connectivity index is 1.98. The molecule has 0 saturated heterocycles. The normalized spacial score (nSPS) is 21.0. The Kier molecular flexibility index (Phi) is 2.97. The van der Waals surface area contributed by atoms with Crippen LogP contribution in [0.25, 0.3) is 0 Å². The molecule has 0 unspecified atom stereocenters. The third kappa shape index (κ3) is 2.30. The maximum absolute atomic E-state index is 5.09. The van der Waals surface area contributed by atoms with Crippen LogP contribution in [0.4, 0.5) is 0 Å². The summed E-state index contributed by atoms with van der Waals surface area (Å²) in [6, 6.07) is 0.723. The first-order valence-electron chi connectivity index (χ1n) is 3.60. The van der Waals surface area contributed by atoms with Crippen LogP contribution in [0, 0.1) is 0 Å². The summed E-state index contributed by atoms with van der Waals surface area (Å²) in [4.78, 5) is 0. The molecule has 1 aliphatic carbocycles. The van der Waals surface area contributed by atoms with E-state index in [9.17, 15) is 0 Å². The van der Waals surface area contributed by atoms with Crippen LogP contribution >= 0.6 is 0 Å². The molecule has 4 N–H and O–H groups in total. The van der Waals surface area contributed by atoms with Gasteiger partial charge in [0.15, 0.2) is 0 Å². The molecule has 1 saturated carbocycles. The fraction of sp³-hybridized carbons (Fsp3) is 1.00. The Morgan fingerprint density at radius 2 is 2.00 bits per heavy atom. The second-order valence-electron chi connectivity index (χ2n) is 2.57. The van der Waals surface area contributed by atoms with E-state index < -0.39 is 0 Å². The van der Waals surface area contributed by atoms with E-state index in [4.69, 9.17) is 5.84 Å². The van der Waals surface area contributed by atoms with Crippen molar-refractivity contribution in [2.24, 2.45) is 5.84 Å². The lowest BCUT2D eigenvalue weighted by atomic mass is 10.3. The quantitative estimate of drug-likeness (QED) is 0.284. The molecule has 0 amide bonds. The highest BCUT2D eigenvalue weighted by molar-refractivity contribution is 4.72. The van der Waals surface area contributed by atoms with E-state index in [1.165, 1.54) is 25.7 Å². The Morgan fingerprint density at radius 1 is 1.33 bits per heavy atom. The van der Waals surface area contributed by atoms with Gasteiger partial charge in [0.25, 0.3) is 0 Å². The number of rotatable bonds is 3. The molecule has 0 heterocycles. The molecule has 1 fully saturated rings. The summed E-state index contributed by atoms with van der Waals surface area (Å²) in [5.74, 6) is 5.09. The van der Waals surface area contributed by atoms with Crippen molar-refractivity contribution in [3.8, 4) is 0 Å². The van der Waals surface area contributed by atoms with Crippen molar-refractivity contribution >= 4 is 0 Å². The van der Waals surface area contributed by atoms with E-state index in [1.54, 1.807) is 0 Å². The molecule has 9 heavy (non-hydrogen) atoms. The van der Waals surface area contributed by atoms with Gasteiger partial charge in [0.05, 0.1) is 6.67 Å². The smallest absolute Gasteiger partial charge is 0.0589 e. The van der Waals surface area contributed by atoms with Gasteiger partial charge in [-0.1, -0.05) is 12.8 Å². The van der Waals surface area contributed by atoms with Crippen molar-refractivity contribution in [3.63, 3.8) is 0 Å². The standard InChI is InChI=1S/C6H15N3/c7-9-5-8-6-3-1-2-4-6/h6,8-9H,1-5,7H2. The summed E-state index contributed by atoms with van der Waals surface area (Å²) < 4.78 is 0. The SMILES string of the molecule is NNCNC1CCCC1. The lowest BCUT2D eigenvalue weighted by Gasteiger charge is -2.09. The third-order valence-corrected chi connectivity index (χ3v) is 1.85. The summed E-state index contributed by atoms with van der Waals surface area (Å²) in [7, 11) is 0. The van der Waals surface area contributed by atoms with Crippen molar-refractivity contribution in [2.75, 3.05) is 6.67 Å². The van der Waals surface area contributed by atoms with Crippen LogP contribution in [0.15, 0.2) is 0 Å².